The van der Waals surface area contributed by atoms with Crippen LogP contribution in [0.5, 0.6) is 0 Å². The molecule has 0 aliphatic carbocycles. The van der Waals surface area contributed by atoms with Gasteiger partial charge in [0.05, 0.1) is 11.7 Å². The van der Waals surface area contributed by atoms with Crippen molar-refractivity contribution in [3.05, 3.63) is 35.4 Å². The number of nitrogens with one attached hydrogen (secondary N) is 1. The van der Waals surface area contributed by atoms with Gasteiger partial charge in [0.2, 0.25) is 0 Å². The van der Waals surface area contributed by atoms with Gasteiger partial charge in [-0.05, 0) is 31.0 Å². The van der Waals surface area contributed by atoms with Gasteiger partial charge in [0.1, 0.15) is 0 Å². The van der Waals surface area contributed by atoms with Crippen molar-refractivity contribution < 1.29 is 18.3 Å². The monoisotopic (exact) mass is 261 g/mol. The summed E-state index contributed by atoms with van der Waals surface area (Å²) in [5, 5.41) is 12.2. The lowest BCUT2D eigenvalue weighted by Gasteiger charge is -2.14. The molecule has 0 heterocycles. The third kappa shape index (κ3) is 4.66. The topological polar surface area (TPSA) is 32.3 Å². The first-order valence-corrected chi connectivity index (χ1v) is 5.99. The summed E-state index contributed by atoms with van der Waals surface area (Å²) >= 11 is 0. The summed E-state index contributed by atoms with van der Waals surface area (Å²) in [4.78, 5) is 0. The smallest absolute Gasteiger partial charge is 0.393 e. The average molecular weight is 261 g/mol. The predicted molar refractivity (Wildman–Crippen MR) is 64.1 cm³/mol. The molecule has 1 rings (SSSR count). The van der Waals surface area contributed by atoms with Gasteiger partial charge in [0.25, 0.3) is 0 Å². The second-order valence-corrected chi connectivity index (χ2v) is 4.18. The molecule has 1 atom stereocenters. The standard InChI is InChI=1S/C13H18F3NO/c1-2-11(18)7-8-17-9-10-5-3-4-6-12(10)13(14,15)16/h3-6,11,17-18H,2,7-9H2,1H3. The second-order valence-electron chi connectivity index (χ2n) is 4.18. The zero-order valence-corrected chi connectivity index (χ0v) is 10.3. The van der Waals surface area contributed by atoms with E-state index in [1.54, 1.807) is 6.07 Å². The lowest BCUT2D eigenvalue weighted by molar-refractivity contribution is -0.138. The van der Waals surface area contributed by atoms with Crippen LogP contribution >= 0.6 is 0 Å². The van der Waals surface area contributed by atoms with Crippen LogP contribution in [0.4, 0.5) is 13.2 Å². The van der Waals surface area contributed by atoms with E-state index >= 15 is 0 Å². The largest absolute Gasteiger partial charge is 0.416 e. The normalized spacial score (nSPS) is 13.6. The average Bonchev–Trinajstić information content (AvgIpc) is 2.33. The molecule has 18 heavy (non-hydrogen) atoms. The van der Waals surface area contributed by atoms with E-state index in [0.717, 1.165) is 6.07 Å². The van der Waals surface area contributed by atoms with Crippen molar-refractivity contribution in [2.75, 3.05) is 6.54 Å². The Labute approximate surface area is 105 Å². The number of aliphatic hydroxyl groups is 1. The fraction of sp³-hybridized carbons (Fsp3) is 0.538. The van der Waals surface area contributed by atoms with Crippen LogP contribution in [0, 0.1) is 0 Å². The van der Waals surface area contributed by atoms with Crippen molar-refractivity contribution >= 4 is 0 Å². The quantitative estimate of drug-likeness (QED) is 0.772. The Bertz CT molecular complexity index is 365. The van der Waals surface area contributed by atoms with Crippen LogP contribution in [0.1, 0.15) is 30.9 Å². The molecule has 2 N–H and O–H groups in total. The van der Waals surface area contributed by atoms with Crippen molar-refractivity contribution in [3.8, 4) is 0 Å². The van der Waals surface area contributed by atoms with E-state index in [1.165, 1.54) is 12.1 Å². The first kappa shape index (κ1) is 15.0. The van der Waals surface area contributed by atoms with Crippen molar-refractivity contribution in [1.82, 2.24) is 5.32 Å². The van der Waals surface area contributed by atoms with E-state index in [0.29, 0.717) is 19.4 Å². The Morgan fingerprint density at radius 2 is 1.94 bits per heavy atom. The van der Waals surface area contributed by atoms with Crippen LogP contribution in [0.2, 0.25) is 0 Å². The zero-order chi connectivity index (χ0) is 13.6. The third-order valence-electron chi connectivity index (χ3n) is 2.76. The van der Waals surface area contributed by atoms with E-state index in [9.17, 15) is 18.3 Å². The fourth-order valence-corrected chi connectivity index (χ4v) is 1.65. The molecule has 0 aliphatic rings. The minimum Gasteiger partial charge on any atom is -0.393 e. The van der Waals surface area contributed by atoms with Crippen molar-refractivity contribution in [2.45, 2.75) is 38.6 Å². The molecule has 0 amide bonds. The Hall–Kier alpha value is -1.07. The molecular formula is C13H18F3NO. The van der Waals surface area contributed by atoms with Gasteiger partial charge in [0, 0.05) is 6.54 Å². The highest BCUT2D eigenvalue weighted by Crippen LogP contribution is 2.31. The molecule has 102 valence electrons. The predicted octanol–water partition coefficient (Wildman–Crippen LogP) is 2.96. The van der Waals surface area contributed by atoms with Gasteiger partial charge in [0.15, 0.2) is 0 Å². The number of hydrogen-bond acceptors (Lipinski definition) is 2. The summed E-state index contributed by atoms with van der Waals surface area (Å²) in [6, 6.07) is 5.52. The van der Waals surface area contributed by atoms with Crippen LogP contribution in [-0.2, 0) is 12.7 Å². The van der Waals surface area contributed by atoms with Crippen molar-refractivity contribution in [1.29, 1.82) is 0 Å². The molecule has 0 saturated carbocycles. The van der Waals surface area contributed by atoms with Crippen molar-refractivity contribution in [2.24, 2.45) is 0 Å². The molecule has 1 aromatic rings. The van der Waals surface area contributed by atoms with Gasteiger partial charge in [-0.15, -0.1) is 0 Å². The molecule has 0 fully saturated rings. The van der Waals surface area contributed by atoms with Gasteiger partial charge in [-0.25, -0.2) is 0 Å². The van der Waals surface area contributed by atoms with Gasteiger partial charge in [-0.3, -0.25) is 0 Å². The van der Waals surface area contributed by atoms with Gasteiger partial charge in [-0.2, -0.15) is 13.2 Å². The van der Waals surface area contributed by atoms with Crippen LogP contribution in [-0.4, -0.2) is 17.8 Å². The van der Waals surface area contributed by atoms with E-state index in [-0.39, 0.29) is 12.1 Å². The van der Waals surface area contributed by atoms with E-state index in [2.05, 4.69) is 5.32 Å². The Balaban J connectivity index is 2.52. The zero-order valence-electron chi connectivity index (χ0n) is 10.3. The second kappa shape index (κ2) is 6.75. The van der Waals surface area contributed by atoms with E-state index < -0.39 is 17.8 Å². The van der Waals surface area contributed by atoms with Gasteiger partial charge >= 0.3 is 6.18 Å². The number of aliphatic hydroxyl groups excluding tert-OH is 1. The molecule has 0 saturated heterocycles. The minimum absolute atomic E-state index is 0.159. The summed E-state index contributed by atoms with van der Waals surface area (Å²) in [6.07, 6.45) is -3.51. The highest BCUT2D eigenvalue weighted by molar-refractivity contribution is 5.29. The minimum atomic E-state index is -4.32. The molecular weight excluding hydrogens is 243 g/mol. The number of rotatable bonds is 6. The molecule has 1 unspecified atom stereocenters. The summed E-state index contributed by atoms with van der Waals surface area (Å²) in [7, 11) is 0. The highest BCUT2D eigenvalue weighted by Gasteiger charge is 2.32. The molecule has 5 heteroatoms. The molecule has 0 radical (unpaired) electrons. The Kier molecular flexibility index (Phi) is 5.62. The first-order chi connectivity index (χ1) is 8.45. The van der Waals surface area contributed by atoms with E-state index in [1.807, 2.05) is 6.92 Å². The maximum atomic E-state index is 12.7. The summed E-state index contributed by atoms with van der Waals surface area (Å²) in [6.45, 7) is 2.52. The van der Waals surface area contributed by atoms with Crippen LogP contribution in [0.15, 0.2) is 24.3 Å². The SMILES string of the molecule is CCC(O)CCNCc1ccccc1C(F)(F)F. The van der Waals surface area contributed by atoms with Crippen LogP contribution < -0.4 is 5.32 Å². The lowest BCUT2D eigenvalue weighted by Crippen LogP contribution is -2.21. The molecule has 2 nitrogen and oxygen atoms in total. The first-order valence-electron chi connectivity index (χ1n) is 5.99. The summed E-state index contributed by atoms with van der Waals surface area (Å²) < 4.78 is 38.0. The fourth-order valence-electron chi connectivity index (χ4n) is 1.65. The molecule has 0 aromatic heterocycles. The van der Waals surface area contributed by atoms with Crippen LogP contribution in [0.3, 0.4) is 0 Å². The lowest BCUT2D eigenvalue weighted by atomic mass is 10.1. The number of alkyl halides is 3. The van der Waals surface area contributed by atoms with Crippen molar-refractivity contribution in [3.63, 3.8) is 0 Å². The van der Waals surface area contributed by atoms with Crippen LogP contribution in [0.25, 0.3) is 0 Å². The molecule has 0 bridgehead atoms. The number of hydrogen-bond donors (Lipinski definition) is 2. The Morgan fingerprint density at radius 3 is 2.56 bits per heavy atom. The molecule has 1 aromatic carbocycles. The van der Waals surface area contributed by atoms with E-state index in [4.69, 9.17) is 0 Å². The third-order valence-corrected chi connectivity index (χ3v) is 2.76. The maximum Gasteiger partial charge on any atom is 0.416 e. The van der Waals surface area contributed by atoms with Gasteiger partial charge < -0.3 is 10.4 Å². The Morgan fingerprint density at radius 1 is 1.28 bits per heavy atom. The van der Waals surface area contributed by atoms with Gasteiger partial charge in [-0.1, -0.05) is 25.1 Å². The number of halogens is 3. The molecule has 0 spiro atoms. The highest BCUT2D eigenvalue weighted by atomic mass is 19.4. The number of benzene rings is 1. The summed E-state index contributed by atoms with van der Waals surface area (Å²) in [5.41, 5.74) is -0.371. The summed E-state index contributed by atoms with van der Waals surface area (Å²) in [5.74, 6) is 0. The maximum absolute atomic E-state index is 12.7. The molecule has 0 aliphatic heterocycles.